The van der Waals surface area contributed by atoms with Gasteiger partial charge in [0.05, 0.1) is 45.3 Å². The van der Waals surface area contributed by atoms with E-state index < -0.39 is 6.04 Å². The molecule has 0 radical (unpaired) electrons. The maximum Gasteiger partial charge on any atom is 0.258 e. The van der Waals surface area contributed by atoms with Crippen LogP contribution in [-0.2, 0) is 16.1 Å². The SMILES string of the molecule is C[C@@H]1CN([C@H](C)CO)C(=O)c2cccc(NC(=O)CCCCCC(=O)Nc3ccccc3N)c2O[C@H]1CN(C)Cc1ccc(Cl)c(Cl)c1. The van der Waals surface area contributed by atoms with Crippen LogP contribution in [0, 0.1) is 5.92 Å². The average molecular weight is 699 g/mol. The lowest BCUT2D eigenvalue weighted by molar-refractivity contribution is -0.116. The summed E-state index contributed by atoms with van der Waals surface area (Å²) in [5.74, 6) is -0.412. The summed E-state index contributed by atoms with van der Waals surface area (Å²) in [6.45, 7) is 5.14. The molecule has 0 aliphatic carbocycles. The van der Waals surface area contributed by atoms with E-state index in [0.29, 0.717) is 83.7 Å². The summed E-state index contributed by atoms with van der Waals surface area (Å²) in [7, 11) is 1.98. The number of amides is 3. The van der Waals surface area contributed by atoms with Crippen LogP contribution in [0.4, 0.5) is 17.1 Å². The molecular formula is C36H45Cl2N5O5. The summed E-state index contributed by atoms with van der Waals surface area (Å²) >= 11 is 12.4. The highest BCUT2D eigenvalue weighted by Crippen LogP contribution is 2.35. The molecule has 0 fully saturated rings. The first-order valence-electron chi connectivity index (χ1n) is 16.2. The Labute approximate surface area is 292 Å². The van der Waals surface area contributed by atoms with E-state index in [1.807, 2.05) is 39.1 Å². The number of aliphatic hydroxyl groups is 1. The minimum absolute atomic E-state index is 0.105. The monoisotopic (exact) mass is 697 g/mol. The summed E-state index contributed by atoms with van der Waals surface area (Å²) in [6.07, 6.45) is 2.10. The van der Waals surface area contributed by atoms with Gasteiger partial charge < -0.3 is 31.1 Å². The van der Waals surface area contributed by atoms with Gasteiger partial charge in [-0.3, -0.25) is 19.3 Å². The number of nitrogens with one attached hydrogen (secondary N) is 2. The maximum absolute atomic E-state index is 13.8. The summed E-state index contributed by atoms with van der Waals surface area (Å²) in [6, 6.07) is 17.3. The van der Waals surface area contributed by atoms with Crippen molar-refractivity contribution in [1.82, 2.24) is 9.80 Å². The van der Waals surface area contributed by atoms with Crippen LogP contribution in [0.2, 0.25) is 10.0 Å². The second-order valence-electron chi connectivity index (χ2n) is 12.5. The number of rotatable bonds is 14. The Hall–Kier alpha value is -3.83. The fraction of sp³-hybridized carbons (Fsp3) is 0.417. The number of anilines is 3. The molecular weight excluding hydrogens is 653 g/mol. The number of aliphatic hydroxyl groups excluding tert-OH is 1. The van der Waals surface area contributed by atoms with Gasteiger partial charge in [-0.15, -0.1) is 0 Å². The first-order chi connectivity index (χ1) is 23.0. The predicted molar refractivity (Wildman–Crippen MR) is 192 cm³/mol. The van der Waals surface area contributed by atoms with Crippen molar-refractivity contribution in [3.05, 3.63) is 81.8 Å². The molecule has 0 bridgehead atoms. The Balaban J connectivity index is 1.42. The van der Waals surface area contributed by atoms with Gasteiger partial charge in [-0.25, -0.2) is 0 Å². The number of fused-ring (bicyclic) bond motifs is 1. The third-order valence-electron chi connectivity index (χ3n) is 8.44. The van der Waals surface area contributed by atoms with E-state index >= 15 is 0 Å². The van der Waals surface area contributed by atoms with Crippen molar-refractivity contribution in [1.29, 1.82) is 0 Å². The molecule has 0 aromatic heterocycles. The first-order valence-corrected chi connectivity index (χ1v) is 17.0. The smallest absolute Gasteiger partial charge is 0.258 e. The largest absolute Gasteiger partial charge is 0.486 e. The van der Waals surface area contributed by atoms with Gasteiger partial charge in [0, 0.05) is 38.4 Å². The van der Waals surface area contributed by atoms with Gasteiger partial charge in [0.15, 0.2) is 5.75 Å². The zero-order valence-corrected chi connectivity index (χ0v) is 29.2. The van der Waals surface area contributed by atoms with Crippen LogP contribution in [0.25, 0.3) is 0 Å². The molecule has 1 heterocycles. The number of hydrogen-bond acceptors (Lipinski definition) is 7. The Morgan fingerprint density at radius 3 is 2.33 bits per heavy atom. The molecule has 3 aromatic carbocycles. The molecule has 1 aliphatic heterocycles. The zero-order chi connectivity index (χ0) is 34.8. The highest BCUT2D eigenvalue weighted by atomic mass is 35.5. The number of benzene rings is 3. The van der Waals surface area contributed by atoms with Crippen molar-refractivity contribution in [3.8, 4) is 5.75 Å². The summed E-state index contributed by atoms with van der Waals surface area (Å²) in [5.41, 5.74) is 8.72. The van der Waals surface area contributed by atoms with Crippen molar-refractivity contribution >= 4 is 58.0 Å². The van der Waals surface area contributed by atoms with Crippen molar-refractivity contribution in [2.75, 3.05) is 43.1 Å². The normalized spacial score (nSPS) is 16.8. The first kappa shape index (κ1) is 37.0. The van der Waals surface area contributed by atoms with E-state index in [4.69, 9.17) is 33.7 Å². The molecule has 0 spiro atoms. The standard InChI is InChI=1S/C36H45Cl2N5O5/c1-23-19-43(24(2)22-44)36(47)26-10-9-13-31(35(26)48-32(23)21-42(3)20-25-16-17-27(37)28(38)18-25)41-34(46)15-6-4-5-14-33(45)40-30-12-8-7-11-29(30)39/h7-13,16-18,23-24,32,44H,4-6,14-15,19-22,39H2,1-3H3,(H,40,45)(H,41,46)/t23-,24-,32+/m1/s1. The van der Waals surface area contributed by atoms with Crippen LogP contribution >= 0.6 is 23.2 Å². The topological polar surface area (TPSA) is 137 Å². The summed E-state index contributed by atoms with van der Waals surface area (Å²) in [5, 5.41) is 16.7. The quantitative estimate of drug-likeness (QED) is 0.112. The Morgan fingerprint density at radius 1 is 1.00 bits per heavy atom. The number of nitrogens with zero attached hydrogens (tertiary/aromatic N) is 2. The highest BCUT2D eigenvalue weighted by molar-refractivity contribution is 6.42. The number of hydrogen-bond donors (Lipinski definition) is 4. The van der Waals surface area contributed by atoms with Crippen LogP contribution in [-0.4, -0.2) is 71.5 Å². The molecule has 4 rings (SSSR count). The van der Waals surface area contributed by atoms with Gasteiger partial charge in [0.2, 0.25) is 11.8 Å². The molecule has 1 aliphatic rings. The third-order valence-corrected chi connectivity index (χ3v) is 9.17. The Morgan fingerprint density at radius 2 is 1.67 bits per heavy atom. The number of halogens is 2. The lowest BCUT2D eigenvalue weighted by atomic mass is 9.98. The third kappa shape index (κ3) is 10.1. The van der Waals surface area contributed by atoms with Gasteiger partial charge in [0.25, 0.3) is 5.91 Å². The van der Waals surface area contributed by atoms with Crippen molar-refractivity contribution in [2.24, 2.45) is 5.92 Å². The number of carbonyl (C=O) groups excluding carboxylic acids is 3. The van der Waals surface area contributed by atoms with Crippen molar-refractivity contribution in [2.45, 2.75) is 64.6 Å². The van der Waals surface area contributed by atoms with E-state index in [9.17, 15) is 19.5 Å². The minimum atomic E-state index is -0.411. The van der Waals surface area contributed by atoms with Gasteiger partial charge in [-0.2, -0.15) is 0 Å². The van der Waals surface area contributed by atoms with Crippen LogP contribution in [0.15, 0.2) is 60.7 Å². The van der Waals surface area contributed by atoms with Gasteiger partial charge in [-0.05, 0) is 68.8 Å². The second kappa shape index (κ2) is 17.5. The van der Waals surface area contributed by atoms with Crippen LogP contribution in [0.1, 0.15) is 61.9 Å². The molecule has 0 unspecified atom stereocenters. The van der Waals surface area contributed by atoms with Gasteiger partial charge in [0.1, 0.15) is 6.10 Å². The lowest BCUT2D eigenvalue weighted by Gasteiger charge is -2.38. The number of nitrogens with two attached hydrogens (primary N) is 1. The molecule has 3 aromatic rings. The summed E-state index contributed by atoms with van der Waals surface area (Å²) in [4.78, 5) is 43.0. The Bertz CT molecular complexity index is 1590. The molecule has 0 saturated carbocycles. The predicted octanol–water partition coefficient (Wildman–Crippen LogP) is 6.46. The van der Waals surface area contributed by atoms with E-state index in [2.05, 4.69) is 15.5 Å². The Kier molecular flexibility index (Phi) is 13.5. The maximum atomic E-state index is 13.8. The van der Waals surface area contributed by atoms with Crippen LogP contribution < -0.4 is 21.1 Å². The second-order valence-corrected chi connectivity index (χ2v) is 13.3. The summed E-state index contributed by atoms with van der Waals surface area (Å²) < 4.78 is 6.62. The molecule has 3 amide bonds. The number of ether oxygens (including phenoxy) is 1. The molecule has 10 nitrogen and oxygen atoms in total. The molecule has 258 valence electrons. The molecule has 3 atom stereocenters. The zero-order valence-electron chi connectivity index (χ0n) is 27.7. The molecule has 0 saturated heterocycles. The number of nitrogen functional groups attached to an aromatic ring is 1. The van der Waals surface area contributed by atoms with Gasteiger partial charge >= 0.3 is 0 Å². The minimum Gasteiger partial charge on any atom is -0.486 e. The highest BCUT2D eigenvalue weighted by Gasteiger charge is 2.34. The molecule has 5 N–H and O–H groups in total. The van der Waals surface area contributed by atoms with Crippen molar-refractivity contribution in [3.63, 3.8) is 0 Å². The van der Waals surface area contributed by atoms with Crippen LogP contribution in [0.3, 0.4) is 0 Å². The number of para-hydroxylation sites is 3. The lowest BCUT2D eigenvalue weighted by Crippen LogP contribution is -2.49. The number of unbranched alkanes of at least 4 members (excludes halogenated alkanes) is 2. The van der Waals surface area contributed by atoms with E-state index in [0.717, 1.165) is 5.56 Å². The van der Waals surface area contributed by atoms with Crippen LogP contribution in [0.5, 0.6) is 5.75 Å². The van der Waals surface area contributed by atoms with E-state index in [1.165, 1.54) is 0 Å². The van der Waals surface area contributed by atoms with Crippen molar-refractivity contribution < 1.29 is 24.2 Å². The van der Waals surface area contributed by atoms with E-state index in [1.54, 1.807) is 47.4 Å². The fourth-order valence-corrected chi connectivity index (χ4v) is 5.99. The molecule has 48 heavy (non-hydrogen) atoms. The number of likely N-dealkylation sites (N-methyl/N-ethyl adjacent to an activating group) is 1. The molecule has 12 heteroatoms. The fourth-order valence-electron chi connectivity index (χ4n) is 5.67. The van der Waals surface area contributed by atoms with Gasteiger partial charge in [-0.1, -0.05) is 60.8 Å². The average Bonchev–Trinajstić information content (AvgIpc) is 3.05. The number of carbonyl (C=O) groups is 3. The van der Waals surface area contributed by atoms with E-state index in [-0.39, 0.29) is 42.8 Å².